The van der Waals surface area contributed by atoms with Gasteiger partial charge in [0, 0.05) is 37.3 Å². The number of aryl methyl sites for hydroxylation is 2. The fourth-order valence-corrected chi connectivity index (χ4v) is 3.10. The highest BCUT2D eigenvalue weighted by molar-refractivity contribution is 5.29. The van der Waals surface area contributed by atoms with E-state index in [0.717, 1.165) is 13.1 Å². The molecule has 1 aromatic heterocycles. The SMILES string of the molecule is Cc1ccc(C2CNCCC2c2cncn2C)cc1. The van der Waals surface area contributed by atoms with E-state index in [4.69, 9.17) is 0 Å². The van der Waals surface area contributed by atoms with Crippen LogP contribution >= 0.6 is 0 Å². The standard InChI is InChI=1S/C16H21N3/c1-12-3-5-13(6-4-12)15-9-17-8-7-14(15)16-10-18-11-19(16)2/h3-6,10-11,14-15,17H,7-9H2,1-2H3. The van der Waals surface area contributed by atoms with Crippen LogP contribution in [0.4, 0.5) is 0 Å². The van der Waals surface area contributed by atoms with Crippen molar-refractivity contribution in [2.45, 2.75) is 25.2 Å². The Bertz CT molecular complexity index is 541. The second-order valence-corrected chi connectivity index (χ2v) is 5.55. The maximum Gasteiger partial charge on any atom is 0.0945 e. The van der Waals surface area contributed by atoms with Gasteiger partial charge in [0.25, 0.3) is 0 Å². The molecule has 1 aliphatic rings. The van der Waals surface area contributed by atoms with Gasteiger partial charge in [-0.2, -0.15) is 0 Å². The molecule has 2 atom stereocenters. The van der Waals surface area contributed by atoms with E-state index in [0.29, 0.717) is 11.8 Å². The monoisotopic (exact) mass is 255 g/mol. The van der Waals surface area contributed by atoms with Crippen molar-refractivity contribution in [2.75, 3.05) is 13.1 Å². The predicted octanol–water partition coefficient (Wildman–Crippen LogP) is 2.59. The van der Waals surface area contributed by atoms with Crippen molar-refractivity contribution in [1.29, 1.82) is 0 Å². The van der Waals surface area contributed by atoms with E-state index >= 15 is 0 Å². The Morgan fingerprint density at radius 2 is 2.00 bits per heavy atom. The number of imidazole rings is 1. The van der Waals surface area contributed by atoms with Crippen LogP contribution in [0.25, 0.3) is 0 Å². The molecule has 1 aliphatic heterocycles. The molecule has 19 heavy (non-hydrogen) atoms. The smallest absolute Gasteiger partial charge is 0.0945 e. The minimum absolute atomic E-state index is 0.546. The lowest BCUT2D eigenvalue weighted by molar-refractivity contribution is 0.392. The van der Waals surface area contributed by atoms with E-state index in [1.54, 1.807) is 0 Å². The summed E-state index contributed by atoms with van der Waals surface area (Å²) in [6, 6.07) is 8.97. The summed E-state index contributed by atoms with van der Waals surface area (Å²) >= 11 is 0. The van der Waals surface area contributed by atoms with Crippen LogP contribution in [0.3, 0.4) is 0 Å². The molecule has 1 fully saturated rings. The van der Waals surface area contributed by atoms with Crippen LogP contribution < -0.4 is 5.32 Å². The average Bonchev–Trinajstić information content (AvgIpc) is 2.86. The lowest BCUT2D eigenvalue weighted by atomic mass is 9.79. The number of nitrogens with one attached hydrogen (secondary N) is 1. The summed E-state index contributed by atoms with van der Waals surface area (Å²) in [4.78, 5) is 4.28. The van der Waals surface area contributed by atoms with Crippen molar-refractivity contribution in [2.24, 2.45) is 7.05 Å². The Morgan fingerprint density at radius 1 is 1.21 bits per heavy atom. The Morgan fingerprint density at radius 3 is 2.68 bits per heavy atom. The average molecular weight is 255 g/mol. The molecule has 0 amide bonds. The summed E-state index contributed by atoms with van der Waals surface area (Å²) < 4.78 is 2.16. The molecule has 3 heteroatoms. The molecule has 1 saturated heterocycles. The highest BCUT2D eigenvalue weighted by Gasteiger charge is 2.29. The van der Waals surface area contributed by atoms with Crippen molar-refractivity contribution in [3.05, 3.63) is 53.6 Å². The molecule has 1 N–H and O–H groups in total. The number of nitrogens with zero attached hydrogens (tertiary/aromatic N) is 2. The third kappa shape index (κ3) is 2.43. The van der Waals surface area contributed by atoms with Gasteiger partial charge in [-0.25, -0.2) is 4.98 Å². The molecule has 0 saturated carbocycles. The molecule has 1 aromatic carbocycles. The summed E-state index contributed by atoms with van der Waals surface area (Å²) in [5.74, 6) is 1.11. The first-order chi connectivity index (χ1) is 9.25. The van der Waals surface area contributed by atoms with Gasteiger partial charge < -0.3 is 9.88 Å². The van der Waals surface area contributed by atoms with Crippen LogP contribution in [0.2, 0.25) is 0 Å². The van der Waals surface area contributed by atoms with Crippen LogP contribution in [0, 0.1) is 6.92 Å². The number of hydrogen-bond acceptors (Lipinski definition) is 2. The van der Waals surface area contributed by atoms with E-state index in [1.165, 1.54) is 23.2 Å². The summed E-state index contributed by atoms with van der Waals surface area (Å²) in [6.45, 7) is 4.29. The summed E-state index contributed by atoms with van der Waals surface area (Å²) in [6.07, 6.45) is 5.11. The van der Waals surface area contributed by atoms with Crippen LogP contribution in [-0.2, 0) is 7.05 Å². The van der Waals surface area contributed by atoms with Gasteiger partial charge in [0.2, 0.25) is 0 Å². The van der Waals surface area contributed by atoms with Crippen molar-refractivity contribution < 1.29 is 0 Å². The van der Waals surface area contributed by atoms with Gasteiger partial charge in [0.05, 0.1) is 6.33 Å². The molecular formula is C16H21N3. The van der Waals surface area contributed by atoms with Crippen molar-refractivity contribution in [1.82, 2.24) is 14.9 Å². The normalized spacial score (nSPS) is 23.5. The zero-order valence-corrected chi connectivity index (χ0v) is 11.6. The Hall–Kier alpha value is -1.61. The van der Waals surface area contributed by atoms with Crippen molar-refractivity contribution in [3.63, 3.8) is 0 Å². The van der Waals surface area contributed by atoms with E-state index in [9.17, 15) is 0 Å². The van der Waals surface area contributed by atoms with E-state index < -0.39 is 0 Å². The van der Waals surface area contributed by atoms with Gasteiger partial charge in [-0.1, -0.05) is 29.8 Å². The fraction of sp³-hybridized carbons (Fsp3) is 0.438. The predicted molar refractivity (Wildman–Crippen MR) is 77.4 cm³/mol. The maximum atomic E-state index is 4.28. The molecule has 2 unspecified atom stereocenters. The maximum absolute atomic E-state index is 4.28. The Balaban J connectivity index is 1.93. The fourth-order valence-electron chi connectivity index (χ4n) is 3.10. The second kappa shape index (κ2) is 5.17. The molecule has 100 valence electrons. The first-order valence-electron chi connectivity index (χ1n) is 6.99. The second-order valence-electron chi connectivity index (χ2n) is 5.55. The molecule has 3 nitrogen and oxygen atoms in total. The molecule has 2 aromatic rings. The number of benzene rings is 1. The van der Waals surface area contributed by atoms with Crippen LogP contribution in [0.5, 0.6) is 0 Å². The van der Waals surface area contributed by atoms with Crippen LogP contribution in [0.15, 0.2) is 36.8 Å². The molecule has 0 spiro atoms. The number of piperidine rings is 1. The zero-order valence-electron chi connectivity index (χ0n) is 11.6. The van der Waals surface area contributed by atoms with E-state index in [1.807, 2.05) is 12.5 Å². The summed E-state index contributed by atoms with van der Waals surface area (Å²) in [5.41, 5.74) is 4.11. The number of aromatic nitrogens is 2. The Kier molecular flexibility index (Phi) is 3.38. The first-order valence-corrected chi connectivity index (χ1v) is 6.99. The number of hydrogen-bond donors (Lipinski definition) is 1. The van der Waals surface area contributed by atoms with Gasteiger partial charge in [-0.3, -0.25) is 0 Å². The van der Waals surface area contributed by atoms with Gasteiger partial charge in [0.15, 0.2) is 0 Å². The molecule has 0 bridgehead atoms. The summed E-state index contributed by atoms with van der Waals surface area (Å²) in [5, 5.41) is 3.53. The lowest BCUT2D eigenvalue weighted by Crippen LogP contribution is -2.34. The topological polar surface area (TPSA) is 29.9 Å². The highest BCUT2D eigenvalue weighted by Crippen LogP contribution is 2.36. The lowest BCUT2D eigenvalue weighted by Gasteiger charge is -2.32. The molecule has 0 aliphatic carbocycles. The van der Waals surface area contributed by atoms with E-state index in [2.05, 4.69) is 53.1 Å². The van der Waals surface area contributed by atoms with Gasteiger partial charge in [0.1, 0.15) is 0 Å². The molecule has 3 rings (SSSR count). The van der Waals surface area contributed by atoms with Gasteiger partial charge >= 0.3 is 0 Å². The minimum atomic E-state index is 0.546. The molecular weight excluding hydrogens is 234 g/mol. The van der Waals surface area contributed by atoms with E-state index in [-0.39, 0.29) is 0 Å². The molecule has 2 heterocycles. The van der Waals surface area contributed by atoms with Crippen molar-refractivity contribution >= 4 is 0 Å². The van der Waals surface area contributed by atoms with Gasteiger partial charge in [-0.05, 0) is 25.5 Å². The third-order valence-electron chi connectivity index (χ3n) is 4.22. The summed E-state index contributed by atoms with van der Waals surface area (Å²) in [7, 11) is 2.09. The third-order valence-corrected chi connectivity index (χ3v) is 4.22. The van der Waals surface area contributed by atoms with Crippen LogP contribution in [0.1, 0.15) is 35.1 Å². The zero-order chi connectivity index (χ0) is 13.2. The largest absolute Gasteiger partial charge is 0.337 e. The van der Waals surface area contributed by atoms with Crippen LogP contribution in [-0.4, -0.2) is 22.6 Å². The number of rotatable bonds is 2. The first kappa shape index (κ1) is 12.4. The van der Waals surface area contributed by atoms with Crippen molar-refractivity contribution in [3.8, 4) is 0 Å². The minimum Gasteiger partial charge on any atom is -0.337 e. The Labute approximate surface area is 114 Å². The quantitative estimate of drug-likeness (QED) is 0.894. The molecule has 0 radical (unpaired) electrons. The highest BCUT2D eigenvalue weighted by atomic mass is 15.0. The van der Waals surface area contributed by atoms with Gasteiger partial charge in [-0.15, -0.1) is 0 Å².